The number of halogens is 2. The molecule has 7 rings (SSSR count). The number of pyridine rings is 3. The van der Waals surface area contributed by atoms with Gasteiger partial charge < -0.3 is 4.98 Å². The van der Waals surface area contributed by atoms with Crippen molar-refractivity contribution in [3.63, 3.8) is 0 Å². The first-order chi connectivity index (χ1) is 18.0. The van der Waals surface area contributed by atoms with Crippen LogP contribution in [0.25, 0.3) is 55.0 Å². The van der Waals surface area contributed by atoms with Gasteiger partial charge in [-0.15, -0.1) is 11.3 Å². The van der Waals surface area contributed by atoms with Crippen molar-refractivity contribution in [2.75, 3.05) is 13.1 Å². The van der Waals surface area contributed by atoms with Crippen LogP contribution in [0, 0.1) is 0 Å². The Balaban J connectivity index is 1.24. The van der Waals surface area contributed by atoms with Crippen LogP contribution in [-0.4, -0.2) is 54.0 Å². The van der Waals surface area contributed by atoms with E-state index in [1.165, 1.54) is 0 Å². The summed E-state index contributed by atoms with van der Waals surface area (Å²) in [4.78, 5) is 20.1. The molecule has 6 aromatic rings. The summed E-state index contributed by atoms with van der Waals surface area (Å²) in [5.74, 6) is -2.61. The second kappa shape index (κ2) is 8.53. The van der Waals surface area contributed by atoms with Gasteiger partial charge in [0.15, 0.2) is 0 Å². The van der Waals surface area contributed by atoms with Crippen LogP contribution in [-0.2, 0) is 6.54 Å². The number of nitrogens with zero attached hydrogens (tertiary/aromatic N) is 5. The molecule has 1 aliphatic heterocycles. The van der Waals surface area contributed by atoms with Crippen LogP contribution in [0.5, 0.6) is 0 Å². The quantitative estimate of drug-likeness (QED) is 0.290. The third-order valence-electron chi connectivity index (χ3n) is 6.74. The van der Waals surface area contributed by atoms with E-state index in [2.05, 4.69) is 42.7 Å². The maximum Gasteiger partial charge on any atom is 0.261 e. The van der Waals surface area contributed by atoms with Crippen LogP contribution in [0.15, 0.2) is 66.6 Å². The molecule has 1 aliphatic rings. The summed E-state index contributed by atoms with van der Waals surface area (Å²) in [6.07, 6.45) is 7.08. The lowest BCUT2D eigenvalue weighted by Gasteiger charge is -2.15. The maximum absolute atomic E-state index is 13.6. The smallest absolute Gasteiger partial charge is 0.261 e. The summed E-state index contributed by atoms with van der Waals surface area (Å²) >= 11 is 1.68. The molecule has 0 aliphatic carbocycles. The van der Waals surface area contributed by atoms with E-state index in [0.29, 0.717) is 18.8 Å². The van der Waals surface area contributed by atoms with E-state index in [1.807, 2.05) is 36.7 Å². The van der Waals surface area contributed by atoms with Gasteiger partial charge >= 0.3 is 0 Å². The summed E-state index contributed by atoms with van der Waals surface area (Å²) in [7, 11) is 0. The molecule has 0 spiro atoms. The number of likely N-dealkylation sites (tertiary alicyclic amines) is 1. The van der Waals surface area contributed by atoms with Crippen molar-refractivity contribution in [1.82, 2.24) is 35.0 Å². The number of hydrogen-bond donors (Lipinski definition) is 2. The zero-order valence-electron chi connectivity index (χ0n) is 19.6. The molecule has 10 heteroatoms. The topological polar surface area (TPSA) is 86.4 Å². The lowest BCUT2D eigenvalue weighted by molar-refractivity contribution is 0.0115. The lowest BCUT2D eigenvalue weighted by Crippen LogP contribution is -2.24. The molecular formula is C27H21F2N7S. The molecule has 184 valence electrons. The molecule has 0 unspecified atom stereocenters. The van der Waals surface area contributed by atoms with Crippen molar-refractivity contribution in [1.29, 1.82) is 0 Å². The van der Waals surface area contributed by atoms with Gasteiger partial charge in [0.2, 0.25) is 0 Å². The van der Waals surface area contributed by atoms with E-state index in [4.69, 9.17) is 4.98 Å². The van der Waals surface area contributed by atoms with Crippen LogP contribution in [0.3, 0.4) is 0 Å². The van der Waals surface area contributed by atoms with Gasteiger partial charge in [-0.1, -0.05) is 6.07 Å². The molecule has 1 saturated heterocycles. The molecule has 7 heterocycles. The van der Waals surface area contributed by atoms with Gasteiger partial charge in [0, 0.05) is 59.5 Å². The summed E-state index contributed by atoms with van der Waals surface area (Å²) in [6, 6.07) is 12.0. The highest BCUT2D eigenvalue weighted by Crippen LogP contribution is 2.35. The number of rotatable bonds is 5. The summed E-state index contributed by atoms with van der Waals surface area (Å²) in [5.41, 5.74) is 7.57. The van der Waals surface area contributed by atoms with E-state index >= 15 is 0 Å². The minimum Gasteiger partial charge on any atom is -0.352 e. The Morgan fingerprint density at radius 3 is 2.78 bits per heavy atom. The number of nitrogens with one attached hydrogen (secondary N) is 2. The highest BCUT2D eigenvalue weighted by Gasteiger charge is 2.37. The number of alkyl halides is 2. The minimum atomic E-state index is -2.61. The van der Waals surface area contributed by atoms with Crippen molar-refractivity contribution in [2.45, 2.75) is 18.9 Å². The third kappa shape index (κ3) is 4.08. The molecule has 2 N–H and O–H groups in total. The number of thiophene rings is 1. The van der Waals surface area contributed by atoms with Gasteiger partial charge in [-0.2, -0.15) is 5.10 Å². The Bertz CT molecular complexity index is 1740. The summed E-state index contributed by atoms with van der Waals surface area (Å²) in [5, 5.41) is 10.8. The number of H-pyrrole nitrogens is 2. The second-order valence-corrected chi connectivity index (χ2v) is 10.3. The molecule has 0 amide bonds. The SMILES string of the molecule is FC1(F)CCN(Cc2cncc(-c3ccc4[nH]nc(-c5cc6c(-c7cccs7)cncc6[nH]5)c4n3)c2)C1. The van der Waals surface area contributed by atoms with Crippen LogP contribution in [0.4, 0.5) is 8.78 Å². The van der Waals surface area contributed by atoms with Gasteiger partial charge in [0.1, 0.15) is 11.2 Å². The molecular weight excluding hydrogens is 492 g/mol. The number of aromatic nitrogens is 6. The zero-order valence-corrected chi connectivity index (χ0v) is 20.4. The molecule has 1 fully saturated rings. The molecule has 37 heavy (non-hydrogen) atoms. The molecule has 0 atom stereocenters. The summed E-state index contributed by atoms with van der Waals surface area (Å²) < 4.78 is 27.2. The van der Waals surface area contributed by atoms with Gasteiger partial charge in [-0.25, -0.2) is 13.8 Å². The largest absolute Gasteiger partial charge is 0.352 e. The average Bonchev–Trinajstić information content (AvgIpc) is 3.69. The van der Waals surface area contributed by atoms with Crippen molar-refractivity contribution in [2.24, 2.45) is 0 Å². The van der Waals surface area contributed by atoms with Gasteiger partial charge in [-0.05, 0) is 41.3 Å². The van der Waals surface area contributed by atoms with Crippen molar-refractivity contribution in [3.05, 3.63) is 72.1 Å². The minimum absolute atomic E-state index is 0.0970. The van der Waals surface area contributed by atoms with Crippen molar-refractivity contribution < 1.29 is 8.78 Å². The van der Waals surface area contributed by atoms with E-state index in [1.54, 1.807) is 28.6 Å². The zero-order chi connectivity index (χ0) is 25.0. The predicted molar refractivity (Wildman–Crippen MR) is 140 cm³/mol. The number of fused-ring (bicyclic) bond motifs is 2. The lowest BCUT2D eigenvalue weighted by atomic mass is 10.1. The first-order valence-electron chi connectivity index (χ1n) is 11.9. The second-order valence-electron chi connectivity index (χ2n) is 9.37. The van der Waals surface area contributed by atoms with Crippen LogP contribution in [0.1, 0.15) is 12.0 Å². The predicted octanol–water partition coefficient (Wildman–Crippen LogP) is 6.13. The van der Waals surface area contributed by atoms with Crippen LogP contribution >= 0.6 is 11.3 Å². The first-order valence-corrected chi connectivity index (χ1v) is 12.8. The third-order valence-corrected chi connectivity index (χ3v) is 7.64. The fraction of sp³-hybridized carbons (Fsp3) is 0.185. The van der Waals surface area contributed by atoms with E-state index < -0.39 is 5.92 Å². The number of aromatic amines is 2. The Morgan fingerprint density at radius 2 is 1.95 bits per heavy atom. The fourth-order valence-corrected chi connectivity index (χ4v) is 5.72. The molecule has 0 radical (unpaired) electrons. The van der Waals surface area contributed by atoms with Crippen molar-refractivity contribution in [3.8, 4) is 33.1 Å². The standard InChI is InChI=1S/C27H21F2N7S/c28-27(29)5-6-36(15-27)14-16-8-17(11-30-10-16)20-3-4-21-25(33-20)26(35-34-21)22-9-18-19(24-2-1-7-37-24)12-31-13-23(18)32-22/h1-4,7-13,32H,5-6,14-15H2,(H,34,35). The Hall–Kier alpha value is -4.02. The molecule has 0 bridgehead atoms. The average molecular weight is 514 g/mol. The van der Waals surface area contributed by atoms with Crippen molar-refractivity contribution >= 4 is 33.3 Å². The first kappa shape index (κ1) is 22.2. The van der Waals surface area contributed by atoms with Gasteiger partial charge in [0.25, 0.3) is 5.92 Å². The molecule has 0 saturated carbocycles. The van der Waals surface area contributed by atoms with E-state index in [9.17, 15) is 8.78 Å². The molecule has 7 nitrogen and oxygen atoms in total. The van der Waals surface area contributed by atoms with Gasteiger partial charge in [-0.3, -0.25) is 20.0 Å². The fourth-order valence-electron chi connectivity index (χ4n) is 4.97. The van der Waals surface area contributed by atoms with Crippen LogP contribution < -0.4 is 0 Å². The highest BCUT2D eigenvalue weighted by molar-refractivity contribution is 7.13. The molecule has 0 aromatic carbocycles. The highest BCUT2D eigenvalue weighted by atomic mass is 32.1. The normalized spacial score (nSPS) is 15.7. The van der Waals surface area contributed by atoms with Gasteiger partial charge in [0.05, 0.1) is 35.2 Å². The van der Waals surface area contributed by atoms with Crippen LogP contribution in [0.2, 0.25) is 0 Å². The Labute approximate surface area is 214 Å². The monoisotopic (exact) mass is 513 g/mol. The van der Waals surface area contributed by atoms with E-state index in [-0.39, 0.29) is 13.0 Å². The maximum atomic E-state index is 13.6. The Kier molecular flexibility index (Phi) is 5.12. The summed E-state index contributed by atoms with van der Waals surface area (Å²) in [6.45, 7) is 0.605. The number of hydrogen-bond acceptors (Lipinski definition) is 6. The Morgan fingerprint density at radius 1 is 1.03 bits per heavy atom. The molecule has 6 aromatic heterocycles. The van der Waals surface area contributed by atoms with E-state index in [0.717, 1.165) is 54.9 Å².